The van der Waals surface area contributed by atoms with Crippen molar-refractivity contribution < 1.29 is 19.4 Å². The number of esters is 1. The van der Waals surface area contributed by atoms with Gasteiger partial charge in [0, 0.05) is 12.5 Å². The molecule has 0 aliphatic heterocycles. The number of nitrogens with one attached hydrogen (secondary N) is 1. The zero-order valence-corrected chi connectivity index (χ0v) is 14.1. The first-order valence-electron chi connectivity index (χ1n) is 7.89. The molecule has 2 N–H and O–H groups in total. The second-order valence-corrected chi connectivity index (χ2v) is 5.71. The quantitative estimate of drug-likeness (QED) is 0.527. The highest BCUT2D eigenvalue weighted by atomic mass is 16.5. The Labute approximate surface area is 144 Å². The van der Waals surface area contributed by atoms with Gasteiger partial charge in [-0.2, -0.15) is 0 Å². The monoisotopic (exact) mass is 341 g/mol. The minimum Gasteiger partial charge on any atom is -0.496 e. The van der Waals surface area contributed by atoms with Gasteiger partial charge in [-0.3, -0.25) is 9.89 Å². The number of carbonyl (C=O) groups is 1. The standard InChI is InChI=1S/C18H19N3O4/c1-11-13(10-22)7-12(8-17(11)24-2)3-6-18(23)25-14-4-5-15-16(9-14)20-21-19-15/h4-5,7-9,22H,3,6,10H2,1-2H3,(H,19,20,21). The van der Waals surface area contributed by atoms with Gasteiger partial charge in [0.1, 0.15) is 17.0 Å². The minimum absolute atomic E-state index is 0.0712. The normalized spacial score (nSPS) is 10.8. The van der Waals surface area contributed by atoms with Crippen LogP contribution in [0.3, 0.4) is 0 Å². The van der Waals surface area contributed by atoms with E-state index < -0.39 is 0 Å². The van der Waals surface area contributed by atoms with Crippen LogP contribution in [0.5, 0.6) is 11.5 Å². The molecule has 0 aliphatic rings. The fourth-order valence-corrected chi connectivity index (χ4v) is 2.64. The Balaban J connectivity index is 1.65. The van der Waals surface area contributed by atoms with Gasteiger partial charge in [-0.1, -0.05) is 11.3 Å². The van der Waals surface area contributed by atoms with Gasteiger partial charge in [0.25, 0.3) is 0 Å². The van der Waals surface area contributed by atoms with E-state index in [0.29, 0.717) is 23.4 Å². The molecule has 0 aliphatic carbocycles. The highest BCUT2D eigenvalue weighted by molar-refractivity contribution is 5.78. The average molecular weight is 341 g/mol. The van der Waals surface area contributed by atoms with Crippen LogP contribution in [0.2, 0.25) is 0 Å². The SMILES string of the molecule is COc1cc(CCC(=O)Oc2ccc3[nH]nnc3c2)cc(CO)c1C. The summed E-state index contributed by atoms with van der Waals surface area (Å²) in [7, 11) is 1.58. The second kappa shape index (κ2) is 7.31. The van der Waals surface area contributed by atoms with Crippen molar-refractivity contribution in [3.63, 3.8) is 0 Å². The van der Waals surface area contributed by atoms with Gasteiger partial charge in [0.2, 0.25) is 0 Å². The van der Waals surface area contributed by atoms with Gasteiger partial charge >= 0.3 is 5.97 Å². The lowest BCUT2D eigenvalue weighted by molar-refractivity contribution is -0.134. The molecule has 0 atom stereocenters. The molecule has 0 radical (unpaired) electrons. The molecule has 0 fully saturated rings. The van der Waals surface area contributed by atoms with Crippen molar-refractivity contribution in [2.24, 2.45) is 0 Å². The molecule has 0 unspecified atom stereocenters. The van der Waals surface area contributed by atoms with Crippen molar-refractivity contribution in [2.75, 3.05) is 7.11 Å². The third-order valence-corrected chi connectivity index (χ3v) is 4.06. The molecule has 0 amide bonds. The number of nitrogens with zero attached hydrogens (tertiary/aromatic N) is 2. The van der Waals surface area contributed by atoms with E-state index in [0.717, 1.165) is 22.2 Å². The Morgan fingerprint density at radius 1 is 1.28 bits per heavy atom. The second-order valence-electron chi connectivity index (χ2n) is 5.71. The van der Waals surface area contributed by atoms with Crippen LogP contribution < -0.4 is 9.47 Å². The number of aromatic amines is 1. The van der Waals surface area contributed by atoms with E-state index in [1.54, 1.807) is 25.3 Å². The van der Waals surface area contributed by atoms with Crippen LogP contribution in [0.15, 0.2) is 30.3 Å². The van der Waals surface area contributed by atoms with Crippen LogP contribution in [-0.2, 0) is 17.8 Å². The number of ether oxygens (including phenoxy) is 2. The summed E-state index contributed by atoms with van der Waals surface area (Å²) in [5.41, 5.74) is 4.02. The number of hydrogen-bond donors (Lipinski definition) is 2. The molecule has 7 nitrogen and oxygen atoms in total. The summed E-state index contributed by atoms with van der Waals surface area (Å²) in [4.78, 5) is 12.1. The summed E-state index contributed by atoms with van der Waals surface area (Å²) >= 11 is 0. The van der Waals surface area contributed by atoms with E-state index in [2.05, 4.69) is 15.4 Å². The molecular formula is C18H19N3O4. The molecule has 1 aromatic heterocycles. The summed E-state index contributed by atoms with van der Waals surface area (Å²) in [5.74, 6) is 0.795. The van der Waals surface area contributed by atoms with E-state index in [1.165, 1.54) is 0 Å². The van der Waals surface area contributed by atoms with Crippen LogP contribution >= 0.6 is 0 Å². The maximum absolute atomic E-state index is 12.1. The van der Waals surface area contributed by atoms with Crippen LogP contribution in [0, 0.1) is 6.92 Å². The molecular weight excluding hydrogens is 322 g/mol. The number of H-pyrrole nitrogens is 1. The highest BCUT2D eigenvalue weighted by Crippen LogP contribution is 2.25. The number of fused-ring (bicyclic) bond motifs is 1. The lowest BCUT2D eigenvalue weighted by Gasteiger charge is -2.12. The molecule has 25 heavy (non-hydrogen) atoms. The Hall–Kier alpha value is -2.93. The number of aliphatic hydroxyl groups is 1. The Kier molecular flexibility index (Phi) is 4.95. The minimum atomic E-state index is -0.340. The first-order valence-corrected chi connectivity index (χ1v) is 7.89. The third-order valence-electron chi connectivity index (χ3n) is 4.06. The van der Waals surface area contributed by atoms with Crippen molar-refractivity contribution in [3.8, 4) is 11.5 Å². The first-order chi connectivity index (χ1) is 12.1. The number of aromatic nitrogens is 3. The summed E-state index contributed by atoms with van der Waals surface area (Å²) < 4.78 is 10.7. The Bertz CT molecular complexity index is 879. The summed E-state index contributed by atoms with van der Waals surface area (Å²) in [6, 6.07) is 8.88. The van der Waals surface area contributed by atoms with Crippen molar-refractivity contribution in [1.29, 1.82) is 0 Å². The van der Waals surface area contributed by atoms with E-state index in [9.17, 15) is 9.90 Å². The molecule has 0 spiro atoms. The fourth-order valence-electron chi connectivity index (χ4n) is 2.64. The lowest BCUT2D eigenvalue weighted by Crippen LogP contribution is -2.09. The van der Waals surface area contributed by atoms with E-state index >= 15 is 0 Å². The van der Waals surface area contributed by atoms with Crippen molar-refractivity contribution in [2.45, 2.75) is 26.4 Å². The van der Waals surface area contributed by atoms with Gasteiger partial charge in [-0.05, 0) is 48.2 Å². The van der Waals surface area contributed by atoms with Gasteiger partial charge in [0.05, 0.1) is 19.2 Å². The summed E-state index contributed by atoms with van der Waals surface area (Å²) in [6.07, 6.45) is 0.711. The smallest absolute Gasteiger partial charge is 0.311 e. The van der Waals surface area contributed by atoms with E-state index in [1.807, 2.05) is 19.1 Å². The van der Waals surface area contributed by atoms with Crippen LogP contribution in [0.4, 0.5) is 0 Å². The van der Waals surface area contributed by atoms with Gasteiger partial charge in [-0.15, -0.1) is 5.10 Å². The number of carbonyl (C=O) groups excluding carboxylic acids is 1. The zero-order valence-electron chi connectivity index (χ0n) is 14.1. The van der Waals surface area contributed by atoms with Crippen LogP contribution in [0.1, 0.15) is 23.1 Å². The first kappa shape index (κ1) is 16.9. The molecule has 1 heterocycles. The Morgan fingerprint density at radius 3 is 2.88 bits per heavy atom. The van der Waals surface area contributed by atoms with E-state index in [4.69, 9.17) is 9.47 Å². The summed E-state index contributed by atoms with van der Waals surface area (Å²) in [5, 5.41) is 19.8. The van der Waals surface area contributed by atoms with Crippen molar-refractivity contribution in [1.82, 2.24) is 15.4 Å². The van der Waals surface area contributed by atoms with Crippen molar-refractivity contribution in [3.05, 3.63) is 47.0 Å². The maximum atomic E-state index is 12.1. The van der Waals surface area contributed by atoms with Gasteiger partial charge < -0.3 is 14.6 Å². The molecule has 0 bridgehead atoms. The predicted octanol–water partition coefficient (Wildman–Crippen LogP) is 2.31. The number of methoxy groups -OCH3 is 1. The lowest BCUT2D eigenvalue weighted by atomic mass is 10.0. The largest absolute Gasteiger partial charge is 0.496 e. The molecule has 7 heteroatoms. The van der Waals surface area contributed by atoms with Crippen LogP contribution in [-0.4, -0.2) is 33.6 Å². The fraction of sp³-hybridized carbons (Fsp3) is 0.278. The molecule has 130 valence electrons. The van der Waals surface area contributed by atoms with Crippen molar-refractivity contribution >= 4 is 17.0 Å². The van der Waals surface area contributed by atoms with E-state index in [-0.39, 0.29) is 19.0 Å². The molecule has 0 saturated carbocycles. The highest BCUT2D eigenvalue weighted by Gasteiger charge is 2.11. The Morgan fingerprint density at radius 2 is 2.12 bits per heavy atom. The number of aliphatic hydroxyl groups excluding tert-OH is 1. The van der Waals surface area contributed by atoms with Gasteiger partial charge in [0.15, 0.2) is 0 Å². The van der Waals surface area contributed by atoms with Gasteiger partial charge in [-0.25, -0.2) is 0 Å². The maximum Gasteiger partial charge on any atom is 0.311 e. The number of benzene rings is 2. The molecule has 3 aromatic rings. The molecule has 3 rings (SSSR count). The summed E-state index contributed by atoms with van der Waals surface area (Å²) in [6.45, 7) is 1.82. The third kappa shape index (κ3) is 3.77. The molecule has 0 saturated heterocycles. The average Bonchev–Trinajstić information content (AvgIpc) is 3.08. The van der Waals surface area contributed by atoms with Crippen LogP contribution in [0.25, 0.3) is 11.0 Å². The molecule has 2 aromatic carbocycles. The predicted molar refractivity (Wildman–Crippen MR) is 91.5 cm³/mol. The number of aryl methyl sites for hydroxylation is 1. The number of rotatable bonds is 6. The zero-order chi connectivity index (χ0) is 17.8. The number of hydrogen-bond acceptors (Lipinski definition) is 6. The topological polar surface area (TPSA) is 97.3 Å².